The van der Waals surface area contributed by atoms with Crippen LogP contribution in [0.5, 0.6) is 5.75 Å². The van der Waals surface area contributed by atoms with Gasteiger partial charge in [-0.15, -0.1) is 0 Å². The van der Waals surface area contributed by atoms with Gasteiger partial charge in [-0.2, -0.15) is 4.98 Å². The summed E-state index contributed by atoms with van der Waals surface area (Å²) >= 11 is 0. The van der Waals surface area contributed by atoms with Crippen molar-refractivity contribution < 1.29 is 4.74 Å². The maximum absolute atomic E-state index is 6.37. The number of hydrogen-bond acceptors (Lipinski definition) is 6. The van der Waals surface area contributed by atoms with Crippen LogP contribution in [0.1, 0.15) is 11.3 Å². The Morgan fingerprint density at radius 3 is 2.72 bits per heavy atom. The summed E-state index contributed by atoms with van der Waals surface area (Å²) in [6, 6.07) is 18.1. The second kappa shape index (κ2) is 7.05. The highest BCUT2D eigenvalue weighted by atomic mass is 16.5. The van der Waals surface area contributed by atoms with Gasteiger partial charge in [-0.3, -0.25) is 4.98 Å². The van der Waals surface area contributed by atoms with E-state index in [-0.39, 0.29) is 0 Å². The van der Waals surface area contributed by atoms with Gasteiger partial charge >= 0.3 is 0 Å². The number of benzene rings is 2. The Kier molecular flexibility index (Phi) is 4.24. The van der Waals surface area contributed by atoms with Crippen molar-refractivity contribution >= 4 is 22.7 Å². The van der Waals surface area contributed by atoms with Gasteiger partial charge in [-0.1, -0.05) is 36.4 Å². The Balaban J connectivity index is 1.58. The second-order valence-corrected chi connectivity index (χ2v) is 7.13. The highest BCUT2D eigenvalue weighted by Crippen LogP contribution is 2.36. The summed E-state index contributed by atoms with van der Waals surface area (Å²) in [5.74, 6) is 1.88. The van der Waals surface area contributed by atoms with E-state index in [9.17, 15) is 0 Å². The average molecular weight is 383 g/mol. The van der Waals surface area contributed by atoms with E-state index < -0.39 is 0 Å². The summed E-state index contributed by atoms with van der Waals surface area (Å²) in [7, 11) is 1.67. The number of fused-ring (bicyclic) bond motifs is 2. The van der Waals surface area contributed by atoms with Crippen LogP contribution in [-0.2, 0) is 13.0 Å². The van der Waals surface area contributed by atoms with Crippen LogP contribution < -0.4 is 15.4 Å². The molecule has 2 aromatic carbocycles. The first-order valence-corrected chi connectivity index (χ1v) is 9.61. The molecule has 0 saturated carbocycles. The largest absolute Gasteiger partial charge is 0.496 e. The van der Waals surface area contributed by atoms with E-state index in [0.29, 0.717) is 11.8 Å². The first-order chi connectivity index (χ1) is 14.2. The Labute approximate surface area is 169 Å². The molecule has 0 atom stereocenters. The van der Waals surface area contributed by atoms with Crippen molar-refractivity contribution in [2.75, 3.05) is 24.3 Å². The van der Waals surface area contributed by atoms with Crippen LogP contribution in [0, 0.1) is 0 Å². The number of anilines is 2. The number of nitrogen functional groups attached to an aromatic ring is 1. The molecule has 0 unspecified atom stereocenters. The fraction of sp³-hybridized carbons (Fsp3) is 0.174. The normalized spacial score (nSPS) is 13.3. The first kappa shape index (κ1) is 17.4. The van der Waals surface area contributed by atoms with Gasteiger partial charge in [0.2, 0.25) is 5.95 Å². The number of nitrogens with zero attached hydrogens (tertiary/aromatic N) is 4. The fourth-order valence-corrected chi connectivity index (χ4v) is 3.86. The Bertz CT molecular complexity index is 1190. The zero-order chi connectivity index (χ0) is 19.8. The number of rotatable bonds is 3. The Hall–Kier alpha value is -3.67. The van der Waals surface area contributed by atoms with Crippen molar-refractivity contribution in [3.63, 3.8) is 0 Å². The SMILES string of the molecule is COc1cc2nc(N3CCc4ncccc4C3)nc(N)c2cc1-c1ccccc1. The molecule has 2 aromatic heterocycles. The molecule has 29 heavy (non-hydrogen) atoms. The Morgan fingerprint density at radius 1 is 1.03 bits per heavy atom. The molecule has 3 heterocycles. The van der Waals surface area contributed by atoms with E-state index in [1.54, 1.807) is 7.11 Å². The molecular weight excluding hydrogens is 362 g/mol. The fourth-order valence-electron chi connectivity index (χ4n) is 3.86. The summed E-state index contributed by atoms with van der Waals surface area (Å²) in [5, 5.41) is 0.826. The molecule has 144 valence electrons. The smallest absolute Gasteiger partial charge is 0.228 e. The molecule has 6 heteroatoms. The molecule has 0 spiro atoms. The summed E-state index contributed by atoms with van der Waals surface area (Å²) < 4.78 is 5.66. The number of pyridine rings is 1. The summed E-state index contributed by atoms with van der Waals surface area (Å²) in [5.41, 5.74) is 11.5. The van der Waals surface area contributed by atoms with Gasteiger partial charge in [-0.25, -0.2) is 4.98 Å². The molecule has 0 amide bonds. The number of aromatic nitrogens is 3. The van der Waals surface area contributed by atoms with Crippen molar-refractivity contribution in [2.45, 2.75) is 13.0 Å². The predicted molar refractivity (Wildman–Crippen MR) is 115 cm³/mol. The van der Waals surface area contributed by atoms with E-state index >= 15 is 0 Å². The van der Waals surface area contributed by atoms with E-state index in [1.165, 1.54) is 5.56 Å². The van der Waals surface area contributed by atoms with Crippen LogP contribution in [0.25, 0.3) is 22.0 Å². The van der Waals surface area contributed by atoms with Crippen molar-refractivity contribution in [3.05, 3.63) is 72.1 Å². The van der Waals surface area contributed by atoms with Gasteiger partial charge in [-0.05, 0) is 23.3 Å². The zero-order valence-electron chi connectivity index (χ0n) is 16.2. The van der Waals surface area contributed by atoms with Crippen LogP contribution in [0.4, 0.5) is 11.8 Å². The maximum Gasteiger partial charge on any atom is 0.228 e. The van der Waals surface area contributed by atoms with E-state index in [1.807, 2.05) is 54.7 Å². The molecule has 0 saturated heterocycles. The minimum atomic E-state index is 0.474. The van der Waals surface area contributed by atoms with Crippen molar-refractivity contribution in [1.29, 1.82) is 0 Å². The van der Waals surface area contributed by atoms with Crippen LogP contribution in [-0.4, -0.2) is 28.6 Å². The molecule has 6 nitrogen and oxygen atoms in total. The van der Waals surface area contributed by atoms with Gasteiger partial charge in [0.05, 0.1) is 12.6 Å². The molecule has 2 N–H and O–H groups in total. The standard InChI is InChI=1S/C23H21N5O/c1-29-21-13-20-18(12-17(21)15-6-3-2-4-7-15)22(24)27-23(26-20)28-11-9-19-16(14-28)8-5-10-25-19/h2-8,10,12-13H,9,11,14H2,1H3,(H2,24,26,27). The van der Waals surface area contributed by atoms with Crippen molar-refractivity contribution in [1.82, 2.24) is 15.0 Å². The van der Waals surface area contributed by atoms with Gasteiger partial charge < -0.3 is 15.4 Å². The lowest BCUT2D eigenvalue weighted by atomic mass is 10.0. The molecule has 5 rings (SSSR count). The number of hydrogen-bond donors (Lipinski definition) is 1. The third-order valence-corrected chi connectivity index (χ3v) is 5.37. The summed E-state index contributed by atoms with van der Waals surface area (Å²) in [6.07, 6.45) is 2.71. The molecule has 0 bridgehead atoms. The number of ether oxygens (including phenoxy) is 1. The lowest BCUT2D eigenvalue weighted by Crippen LogP contribution is -2.32. The van der Waals surface area contributed by atoms with Gasteiger partial charge in [0.25, 0.3) is 0 Å². The molecule has 0 radical (unpaired) electrons. The van der Waals surface area contributed by atoms with E-state index in [4.69, 9.17) is 15.5 Å². The number of nitrogens with two attached hydrogens (primary N) is 1. The monoisotopic (exact) mass is 383 g/mol. The van der Waals surface area contributed by atoms with Crippen LogP contribution in [0.2, 0.25) is 0 Å². The quantitative estimate of drug-likeness (QED) is 0.579. The number of methoxy groups -OCH3 is 1. The lowest BCUT2D eigenvalue weighted by Gasteiger charge is -2.28. The van der Waals surface area contributed by atoms with E-state index in [0.717, 1.165) is 53.0 Å². The zero-order valence-corrected chi connectivity index (χ0v) is 16.2. The van der Waals surface area contributed by atoms with E-state index in [2.05, 4.69) is 20.9 Å². The minimum Gasteiger partial charge on any atom is -0.496 e. The molecule has 1 aliphatic rings. The van der Waals surface area contributed by atoms with Gasteiger partial charge in [0.1, 0.15) is 11.6 Å². The van der Waals surface area contributed by atoms with Crippen LogP contribution in [0.15, 0.2) is 60.8 Å². The van der Waals surface area contributed by atoms with Crippen molar-refractivity contribution in [3.8, 4) is 16.9 Å². The highest BCUT2D eigenvalue weighted by molar-refractivity contribution is 5.95. The molecule has 4 aromatic rings. The average Bonchev–Trinajstić information content (AvgIpc) is 2.78. The van der Waals surface area contributed by atoms with Gasteiger partial charge in [0.15, 0.2) is 0 Å². The molecular formula is C23H21N5O. The predicted octanol–water partition coefficient (Wildman–Crippen LogP) is 3.85. The Morgan fingerprint density at radius 2 is 1.90 bits per heavy atom. The van der Waals surface area contributed by atoms with Crippen molar-refractivity contribution in [2.24, 2.45) is 0 Å². The second-order valence-electron chi connectivity index (χ2n) is 7.13. The third kappa shape index (κ3) is 3.12. The lowest BCUT2D eigenvalue weighted by molar-refractivity contribution is 0.417. The summed E-state index contributed by atoms with van der Waals surface area (Å²) in [6.45, 7) is 1.54. The minimum absolute atomic E-state index is 0.474. The molecule has 0 fully saturated rings. The van der Waals surface area contributed by atoms with Gasteiger partial charge in [0, 0.05) is 48.4 Å². The topological polar surface area (TPSA) is 77.2 Å². The van der Waals surface area contributed by atoms with Crippen LogP contribution in [0.3, 0.4) is 0 Å². The third-order valence-electron chi connectivity index (χ3n) is 5.37. The molecule has 1 aliphatic heterocycles. The summed E-state index contributed by atoms with van der Waals surface area (Å²) in [4.78, 5) is 16.0. The molecule has 0 aliphatic carbocycles. The maximum atomic E-state index is 6.37. The highest BCUT2D eigenvalue weighted by Gasteiger charge is 2.21. The van der Waals surface area contributed by atoms with Crippen LogP contribution >= 0.6 is 0 Å². The first-order valence-electron chi connectivity index (χ1n) is 9.61.